The molecular weight excluding hydrogens is 304 g/mol. The Morgan fingerprint density at radius 1 is 1.25 bits per heavy atom. The van der Waals surface area contributed by atoms with Gasteiger partial charge in [0.15, 0.2) is 0 Å². The van der Waals surface area contributed by atoms with Crippen LogP contribution in [0.2, 0.25) is 0 Å². The molecule has 138 valence electrons. The van der Waals surface area contributed by atoms with Crippen LogP contribution in [-0.4, -0.2) is 33.8 Å². The standard InChI is InChI=1S/C20H34O4/c1-13(2)16(24-22)6-8-18(3)10-11-20(5)17(23-20)7-9-19(4,21)15-12-14(15)18/h14-17,21-22H,1,6-12H2,2-5H3/t14-,15-,16?,17-,18-,19-,20-/m0/s1. The molecule has 3 fully saturated rings. The van der Waals surface area contributed by atoms with Crippen molar-refractivity contribution in [2.24, 2.45) is 17.3 Å². The SMILES string of the molecule is C=C(C)C(CC[C@@]1(C)CC[C@]2(C)O[C@H]2CC[C@](C)(O)[C@H]2C[C@@H]21)OO. The van der Waals surface area contributed by atoms with E-state index in [1.165, 1.54) is 0 Å². The highest BCUT2D eigenvalue weighted by Gasteiger charge is 2.60. The van der Waals surface area contributed by atoms with Crippen LogP contribution in [0.3, 0.4) is 0 Å². The molecule has 1 unspecified atom stereocenters. The average Bonchev–Trinajstić information content (AvgIpc) is 3.38. The molecule has 0 aromatic rings. The van der Waals surface area contributed by atoms with E-state index in [0.29, 0.717) is 17.9 Å². The molecule has 2 N–H and O–H groups in total. The van der Waals surface area contributed by atoms with Crippen LogP contribution in [-0.2, 0) is 9.62 Å². The molecule has 7 atom stereocenters. The highest BCUT2D eigenvalue weighted by atomic mass is 17.1. The highest BCUT2D eigenvalue weighted by Crippen LogP contribution is 2.62. The molecule has 0 spiro atoms. The van der Waals surface area contributed by atoms with Crippen LogP contribution in [0.5, 0.6) is 0 Å². The first kappa shape index (κ1) is 18.4. The third-order valence-corrected chi connectivity index (χ3v) is 7.28. The number of epoxide rings is 1. The molecule has 4 heteroatoms. The molecule has 4 nitrogen and oxygen atoms in total. The van der Waals surface area contributed by atoms with Gasteiger partial charge in [0.2, 0.25) is 0 Å². The second kappa shape index (κ2) is 6.08. The summed E-state index contributed by atoms with van der Waals surface area (Å²) in [5, 5.41) is 20.1. The van der Waals surface area contributed by atoms with Crippen LogP contribution in [0.25, 0.3) is 0 Å². The van der Waals surface area contributed by atoms with Crippen LogP contribution in [0.4, 0.5) is 0 Å². The zero-order valence-corrected chi connectivity index (χ0v) is 15.7. The van der Waals surface area contributed by atoms with Crippen molar-refractivity contribution in [1.82, 2.24) is 0 Å². The van der Waals surface area contributed by atoms with Crippen LogP contribution < -0.4 is 0 Å². The van der Waals surface area contributed by atoms with Crippen molar-refractivity contribution in [2.45, 2.75) is 96.1 Å². The zero-order valence-electron chi connectivity index (χ0n) is 15.7. The number of hydrogen-bond donors (Lipinski definition) is 2. The third kappa shape index (κ3) is 3.44. The van der Waals surface area contributed by atoms with E-state index >= 15 is 0 Å². The summed E-state index contributed by atoms with van der Waals surface area (Å²) >= 11 is 0. The summed E-state index contributed by atoms with van der Waals surface area (Å²) in [4.78, 5) is 4.61. The van der Waals surface area contributed by atoms with Crippen molar-refractivity contribution in [3.8, 4) is 0 Å². The molecule has 0 amide bonds. The fourth-order valence-electron chi connectivity index (χ4n) is 5.02. The Labute approximate surface area is 146 Å². The molecule has 2 saturated carbocycles. The van der Waals surface area contributed by atoms with Crippen LogP contribution in [0.1, 0.15) is 72.6 Å². The largest absolute Gasteiger partial charge is 0.390 e. The number of hydrogen-bond acceptors (Lipinski definition) is 4. The minimum absolute atomic E-state index is 0.000298. The molecular formula is C20H34O4. The van der Waals surface area contributed by atoms with Gasteiger partial charge in [-0.15, -0.1) is 0 Å². The van der Waals surface area contributed by atoms with Gasteiger partial charge in [0.1, 0.15) is 6.10 Å². The molecule has 24 heavy (non-hydrogen) atoms. The van der Waals surface area contributed by atoms with E-state index in [2.05, 4.69) is 25.3 Å². The van der Waals surface area contributed by atoms with Gasteiger partial charge in [0.05, 0.1) is 17.3 Å². The van der Waals surface area contributed by atoms with Crippen LogP contribution in [0, 0.1) is 17.3 Å². The Morgan fingerprint density at radius 3 is 2.58 bits per heavy atom. The van der Waals surface area contributed by atoms with Crippen molar-refractivity contribution >= 4 is 0 Å². The van der Waals surface area contributed by atoms with Crippen LogP contribution >= 0.6 is 0 Å². The number of aliphatic hydroxyl groups is 1. The zero-order chi connectivity index (χ0) is 17.8. The van der Waals surface area contributed by atoms with Crippen LogP contribution in [0.15, 0.2) is 12.2 Å². The fraction of sp³-hybridized carbons (Fsp3) is 0.900. The lowest BCUT2D eigenvalue weighted by molar-refractivity contribution is -0.270. The predicted molar refractivity (Wildman–Crippen MR) is 93.6 cm³/mol. The van der Waals surface area contributed by atoms with E-state index in [1.54, 1.807) is 0 Å². The molecule has 1 aliphatic heterocycles. The van der Waals surface area contributed by atoms with Crippen molar-refractivity contribution in [3.05, 3.63) is 12.2 Å². The molecule has 0 bridgehead atoms. The molecule has 0 aromatic heterocycles. The smallest absolute Gasteiger partial charge is 0.113 e. The van der Waals surface area contributed by atoms with Crippen molar-refractivity contribution in [2.75, 3.05) is 0 Å². The molecule has 0 radical (unpaired) electrons. The average molecular weight is 338 g/mol. The van der Waals surface area contributed by atoms with Gasteiger partial charge in [-0.2, -0.15) is 0 Å². The van der Waals surface area contributed by atoms with Crippen molar-refractivity contribution in [1.29, 1.82) is 0 Å². The maximum Gasteiger partial charge on any atom is 0.113 e. The van der Waals surface area contributed by atoms with Gasteiger partial charge < -0.3 is 9.84 Å². The second-order valence-corrected chi connectivity index (χ2v) is 9.40. The first-order chi connectivity index (χ1) is 11.1. The molecule has 3 rings (SSSR count). The quantitative estimate of drug-likeness (QED) is 0.339. The number of ether oxygens (including phenoxy) is 1. The molecule has 1 heterocycles. The van der Waals surface area contributed by atoms with E-state index in [-0.39, 0.29) is 17.1 Å². The minimum atomic E-state index is -0.586. The van der Waals surface area contributed by atoms with Gasteiger partial charge in [0.25, 0.3) is 0 Å². The van der Waals surface area contributed by atoms with Gasteiger partial charge in [-0.1, -0.05) is 13.5 Å². The lowest BCUT2D eigenvalue weighted by Gasteiger charge is -2.35. The Kier molecular flexibility index (Phi) is 4.66. The lowest BCUT2D eigenvalue weighted by atomic mass is 9.71. The summed E-state index contributed by atoms with van der Waals surface area (Å²) in [7, 11) is 0. The number of rotatable bonds is 5. The summed E-state index contributed by atoms with van der Waals surface area (Å²) in [6.07, 6.45) is 6.87. The Morgan fingerprint density at radius 2 is 1.96 bits per heavy atom. The van der Waals surface area contributed by atoms with E-state index in [4.69, 9.17) is 9.99 Å². The fourth-order valence-corrected chi connectivity index (χ4v) is 5.02. The predicted octanol–water partition coefficient (Wildman–Crippen LogP) is 4.33. The Balaban J connectivity index is 1.73. The molecule has 2 aliphatic carbocycles. The van der Waals surface area contributed by atoms with Crippen molar-refractivity contribution < 1.29 is 20.0 Å². The van der Waals surface area contributed by atoms with Gasteiger partial charge in [0, 0.05) is 0 Å². The Bertz CT molecular complexity index is 502. The molecule has 0 aromatic carbocycles. The third-order valence-electron chi connectivity index (χ3n) is 7.28. The van der Waals surface area contributed by atoms with Gasteiger partial charge in [-0.05, 0) is 88.5 Å². The maximum absolute atomic E-state index is 10.9. The molecule has 1 saturated heterocycles. The van der Waals surface area contributed by atoms with E-state index in [1.807, 2.05) is 13.8 Å². The summed E-state index contributed by atoms with van der Waals surface area (Å²) in [5.41, 5.74) is 0.424. The minimum Gasteiger partial charge on any atom is -0.390 e. The summed E-state index contributed by atoms with van der Waals surface area (Å²) in [6, 6.07) is 0. The topological polar surface area (TPSA) is 62.2 Å². The Hall–Kier alpha value is -0.420. The summed E-state index contributed by atoms with van der Waals surface area (Å²) < 4.78 is 5.97. The molecule has 3 aliphatic rings. The normalized spacial score (nSPS) is 48.8. The van der Waals surface area contributed by atoms with Crippen molar-refractivity contribution in [3.63, 3.8) is 0 Å². The number of fused-ring (bicyclic) bond motifs is 2. The monoisotopic (exact) mass is 338 g/mol. The second-order valence-electron chi connectivity index (χ2n) is 9.40. The summed E-state index contributed by atoms with van der Waals surface area (Å²) in [6.45, 7) is 12.4. The van der Waals surface area contributed by atoms with E-state index < -0.39 is 5.60 Å². The van der Waals surface area contributed by atoms with E-state index in [0.717, 1.165) is 50.5 Å². The lowest BCUT2D eigenvalue weighted by Crippen LogP contribution is -2.34. The van der Waals surface area contributed by atoms with E-state index in [9.17, 15) is 5.11 Å². The van der Waals surface area contributed by atoms with Gasteiger partial charge in [-0.3, -0.25) is 5.26 Å². The highest BCUT2D eigenvalue weighted by molar-refractivity contribution is 5.10. The first-order valence-electron chi connectivity index (χ1n) is 9.47. The maximum atomic E-state index is 10.9. The van der Waals surface area contributed by atoms with Gasteiger partial charge in [-0.25, -0.2) is 4.89 Å². The first-order valence-corrected chi connectivity index (χ1v) is 9.47. The van der Waals surface area contributed by atoms with Gasteiger partial charge >= 0.3 is 0 Å². The summed E-state index contributed by atoms with van der Waals surface area (Å²) in [5.74, 6) is 0.944.